The largest absolute Gasteiger partial charge is 0.364 e. The summed E-state index contributed by atoms with van der Waals surface area (Å²) in [5.41, 5.74) is 6.49. The highest BCUT2D eigenvalue weighted by atomic mass is 35.5. The number of primary amides is 1. The van der Waals surface area contributed by atoms with Gasteiger partial charge in [-0.15, -0.1) is 0 Å². The minimum absolute atomic E-state index is 0.00124. The van der Waals surface area contributed by atoms with Crippen molar-refractivity contribution in [1.29, 1.82) is 0 Å². The number of hydrogen-bond donors (Lipinski definition) is 2. The van der Waals surface area contributed by atoms with Crippen LogP contribution in [0.15, 0.2) is 59.6 Å². The molecule has 3 aromatic rings. The van der Waals surface area contributed by atoms with Crippen molar-refractivity contribution in [2.24, 2.45) is 5.73 Å². The molecule has 0 aliphatic rings. The molecule has 2 aromatic carbocycles. The normalized spacial score (nSPS) is 11.2. The Balaban J connectivity index is 1.80. The monoisotopic (exact) mass is 418 g/mol. The summed E-state index contributed by atoms with van der Waals surface area (Å²) in [4.78, 5) is 23.6. The van der Waals surface area contributed by atoms with Crippen LogP contribution < -0.4 is 11.1 Å². The highest BCUT2D eigenvalue weighted by Crippen LogP contribution is 2.22. The standard InChI is InChI=1S/C18H15ClN4O4S/c1-28(26,27)13-6-7-15(19)14(10-13)18(25)21-11-2-4-12(5-3-11)23-9-8-16(22-23)17(20)24/h2-10H,1H3,(H2,20,24)(H,21,25). The van der Waals surface area contributed by atoms with Crippen molar-refractivity contribution >= 4 is 38.9 Å². The fourth-order valence-electron chi connectivity index (χ4n) is 2.40. The van der Waals surface area contributed by atoms with Crippen molar-refractivity contribution < 1.29 is 18.0 Å². The van der Waals surface area contributed by atoms with Crippen LogP contribution in [0.2, 0.25) is 5.02 Å². The molecule has 2 amide bonds. The Morgan fingerprint density at radius 1 is 1.11 bits per heavy atom. The van der Waals surface area contributed by atoms with Gasteiger partial charge in [0.1, 0.15) is 5.69 Å². The van der Waals surface area contributed by atoms with Crippen molar-refractivity contribution in [3.8, 4) is 5.69 Å². The van der Waals surface area contributed by atoms with Crippen LogP contribution in [0.1, 0.15) is 20.8 Å². The zero-order chi connectivity index (χ0) is 20.5. The molecule has 144 valence electrons. The summed E-state index contributed by atoms with van der Waals surface area (Å²) in [6, 6.07) is 12.1. The molecular weight excluding hydrogens is 404 g/mol. The second-order valence-electron chi connectivity index (χ2n) is 5.92. The van der Waals surface area contributed by atoms with Crippen LogP contribution in [-0.4, -0.2) is 36.3 Å². The first-order valence-corrected chi connectivity index (χ1v) is 10.2. The lowest BCUT2D eigenvalue weighted by Gasteiger charge is -2.09. The van der Waals surface area contributed by atoms with E-state index in [2.05, 4.69) is 10.4 Å². The Hall–Kier alpha value is -3.17. The Morgan fingerprint density at radius 3 is 2.36 bits per heavy atom. The number of rotatable bonds is 5. The number of sulfone groups is 1. The number of nitrogens with one attached hydrogen (secondary N) is 1. The lowest BCUT2D eigenvalue weighted by Crippen LogP contribution is -2.13. The molecule has 1 aromatic heterocycles. The number of aromatic nitrogens is 2. The zero-order valence-electron chi connectivity index (χ0n) is 14.6. The number of amides is 2. The number of halogens is 1. The van der Waals surface area contributed by atoms with Crippen LogP contribution in [0.5, 0.6) is 0 Å². The maximum Gasteiger partial charge on any atom is 0.269 e. The van der Waals surface area contributed by atoms with E-state index in [4.69, 9.17) is 17.3 Å². The van der Waals surface area contributed by atoms with Gasteiger partial charge in [-0.25, -0.2) is 13.1 Å². The van der Waals surface area contributed by atoms with Crippen LogP contribution in [-0.2, 0) is 9.84 Å². The SMILES string of the molecule is CS(=O)(=O)c1ccc(Cl)c(C(=O)Nc2ccc(-n3ccc(C(N)=O)n3)cc2)c1. The number of carbonyl (C=O) groups excluding carboxylic acids is 2. The minimum Gasteiger partial charge on any atom is -0.364 e. The minimum atomic E-state index is -3.47. The lowest BCUT2D eigenvalue weighted by atomic mass is 10.2. The molecule has 10 heteroatoms. The fraction of sp³-hybridized carbons (Fsp3) is 0.0556. The predicted molar refractivity (Wildman–Crippen MR) is 105 cm³/mol. The molecule has 0 fully saturated rings. The molecule has 8 nitrogen and oxygen atoms in total. The summed E-state index contributed by atoms with van der Waals surface area (Å²) >= 11 is 6.04. The molecule has 0 radical (unpaired) electrons. The molecule has 0 spiro atoms. The topological polar surface area (TPSA) is 124 Å². The van der Waals surface area contributed by atoms with Gasteiger partial charge in [-0.1, -0.05) is 11.6 Å². The van der Waals surface area contributed by atoms with E-state index in [0.717, 1.165) is 6.26 Å². The van der Waals surface area contributed by atoms with Gasteiger partial charge in [-0.2, -0.15) is 5.10 Å². The maximum absolute atomic E-state index is 12.5. The van der Waals surface area contributed by atoms with Gasteiger partial charge in [0.25, 0.3) is 11.8 Å². The zero-order valence-corrected chi connectivity index (χ0v) is 16.2. The predicted octanol–water partition coefficient (Wildman–Crippen LogP) is 2.28. The molecule has 0 saturated heterocycles. The van der Waals surface area contributed by atoms with Crippen LogP contribution in [0.4, 0.5) is 5.69 Å². The Bertz CT molecular complexity index is 1170. The van der Waals surface area contributed by atoms with Gasteiger partial charge in [0.2, 0.25) is 0 Å². The van der Waals surface area contributed by atoms with Gasteiger partial charge >= 0.3 is 0 Å². The van der Waals surface area contributed by atoms with Gasteiger partial charge in [-0.3, -0.25) is 9.59 Å². The molecule has 1 heterocycles. The molecule has 3 rings (SSSR count). The number of carbonyl (C=O) groups is 2. The van der Waals surface area contributed by atoms with E-state index < -0.39 is 21.7 Å². The number of nitrogens with two attached hydrogens (primary N) is 1. The summed E-state index contributed by atoms with van der Waals surface area (Å²) in [5.74, 6) is -1.17. The molecule has 28 heavy (non-hydrogen) atoms. The molecule has 3 N–H and O–H groups in total. The highest BCUT2D eigenvalue weighted by molar-refractivity contribution is 7.90. The first-order valence-electron chi connectivity index (χ1n) is 7.92. The molecule has 0 bridgehead atoms. The average molecular weight is 419 g/mol. The first-order chi connectivity index (χ1) is 13.1. The number of anilines is 1. The Labute approximate surface area is 165 Å². The van der Waals surface area contributed by atoms with Crippen LogP contribution >= 0.6 is 11.6 Å². The van der Waals surface area contributed by atoms with E-state index in [-0.39, 0.29) is 21.2 Å². The Kier molecular flexibility index (Phi) is 5.21. The molecule has 0 unspecified atom stereocenters. The van der Waals surface area contributed by atoms with Gasteiger partial charge < -0.3 is 11.1 Å². The van der Waals surface area contributed by atoms with E-state index in [1.807, 2.05) is 0 Å². The summed E-state index contributed by atoms with van der Waals surface area (Å²) in [6.45, 7) is 0. The van der Waals surface area contributed by atoms with Crippen LogP contribution in [0, 0.1) is 0 Å². The van der Waals surface area contributed by atoms with Crippen LogP contribution in [0.3, 0.4) is 0 Å². The van der Waals surface area contributed by atoms with E-state index in [0.29, 0.717) is 11.4 Å². The summed E-state index contributed by atoms with van der Waals surface area (Å²) < 4.78 is 24.8. The number of benzene rings is 2. The smallest absolute Gasteiger partial charge is 0.269 e. The van der Waals surface area contributed by atoms with Crippen molar-refractivity contribution in [2.45, 2.75) is 4.90 Å². The number of hydrogen-bond acceptors (Lipinski definition) is 5. The molecule has 0 atom stereocenters. The van der Waals surface area contributed by atoms with E-state index in [1.54, 1.807) is 30.5 Å². The highest BCUT2D eigenvalue weighted by Gasteiger charge is 2.16. The van der Waals surface area contributed by atoms with Crippen molar-refractivity contribution in [2.75, 3.05) is 11.6 Å². The molecular formula is C18H15ClN4O4S. The summed E-state index contributed by atoms with van der Waals surface area (Å²) in [6.07, 6.45) is 2.64. The lowest BCUT2D eigenvalue weighted by molar-refractivity contribution is 0.0993. The quantitative estimate of drug-likeness (QED) is 0.657. The fourth-order valence-corrected chi connectivity index (χ4v) is 3.25. The molecule has 0 aliphatic carbocycles. The third-order valence-corrected chi connectivity index (χ3v) is 5.28. The van der Waals surface area contributed by atoms with Gasteiger partial charge in [0, 0.05) is 18.1 Å². The van der Waals surface area contributed by atoms with Gasteiger partial charge in [0.15, 0.2) is 9.84 Å². The van der Waals surface area contributed by atoms with E-state index >= 15 is 0 Å². The summed E-state index contributed by atoms with van der Waals surface area (Å²) in [5, 5.41) is 6.84. The summed E-state index contributed by atoms with van der Waals surface area (Å²) in [7, 11) is -3.47. The van der Waals surface area contributed by atoms with E-state index in [1.165, 1.54) is 28.9 Å². The van der Waals surface area contributed by atoms with Crippen molar-refractivity contribution in [3.05, 3.63) is 71.0 Å². The van der Waals surface area contributed by atoms with Gasteiger partial charge in [0.05, 0.1) is 21.2 Å². The van der Waals surface area contributed by atoms with Crippen LogP contribution in [0.25, 0.3) is 5.69 Å². The molecule has 0 saturated carbocycles. The maximum atomic E-state index is 12.5. The molecule has 0 aliphatic heterocycles. The third kappa shape index (κ3) is 4.21. The van der Waals surface area contributed by atoms with Gasteiger partial charge in [-0.05, 0) is 48.5 Å². The first kappa shape index (κ1) is 19.6. The average Bonchev–Trinajstić information content (AvgIpc) is 3.12. The second kappa shape index (κ2) is 7.45. The van der Waals surface area contributed by atoms with Crippen molar-refractivity contribution in [3.63, 3.8) is 0 Å². The third-order valence-electron chi connectivity index (χ3n) is 3.84. The van der Waals surface area contributed by atoms with E-state index in [9.17, 15) is 18.0 Å². The van der Waals surface area contributed by atoms with Crippen molar-refractivity contribution in [1.82, 2.24) is 9.78 Å². The Morgan fingerprint density at radius 2 is 1.79 bits per heavy atom. The number of nitrogens with zero attached hydrogens (tertiary/aromatic N) is 2. The second-order valence-corrected chi connectivity index (χ2v) is 8.35.